The molecule has 0 aliphatic rings. The van der Waals surface area contributed by atoms with Crippen LogP contribution in [0, 0.1) is 11.7 Å². The van der Waals surface area contributed by atoms with Gasteiger partial charge >= 0.3 is 0 Å². The van der Waals surface area contributed by atoms with Gasteiger partial charge in [0.2, 0.25) is 11.8 Å². The van der Waals surface area contributed by atoms with Crippen molar-refractivity contribution >= 4 is 17.6 Å². The Labute approximate surface area is 175 Å². The monoisotopic (exact) mass is 408 g/mol. The molecule has 0 aliphatic heterocycles. The van der Waals surface area contributed by atoms with Crippen molar-refractivity contribution < 1.29 is 14.0 Å². The molecule has 2 aromatic carbocycles. The second-order valence-corrected chi connectivity index (χ2v) is 7.22. The number of hydrogen-bond donors (Lipinski definition) is 1. The number of nitrogens with one attached hydrogen (secondary N) is 1. The number of likely N-dealkylation sites (N-methyl/N-ethyl adjacent to an activating group) is 1. The van der Waals surface area contributed by atoms with Gasteiger partial charge in [0.05, 0.1) is 17.9 Å². The summed E-state index contributed by atoms with van der Waals surface area (Å²) in [4.78, 5) is 26.5. The Morgan fingerprint density at radius 2 is 1.77 bits per heavy atom. The maximum atomic E-state index is 13.4. The van der Waals surface area contributed by atoms with Gasteiger partial charge < -0.3 is 10.2 Å². The van der Waals surface area contributed by atoms with Crippen molar-refractivity contribution in [2.75, 3.05) is 18.4 Å². The lowest BCUT2D eigenvalue weighted by molar-refractivity contribution is -0.137. The molecule has 0 aliphatic carbocycles. The first-order valence-electron chi connectivity index (χ1n) is 9.89. The molecule has 30 heavy (non-hydrogen) atoms. The third-order valence-electron chi connectivity index (χ3n) is 4.64. The molecule has 0 unspecified atom stereocenters. The zero-order valence-electron chi connectivity index (χ0n) is 17.3. The largest absolute Gasteiger partial charge is 0.333 e. The third kappa shape index (κ3) is 4.92. The summed E-state index contributed by atoms with van der Waals surface area (Å²) in [5.41, 5.74) is 2.17. The quantitative estimate of drug-likeness (QED) is 0.639. The third-order valence-corrected chi connectivity index (χ3v) is 4.64. The van der Waals surface area contributed by atoms with Crippen LogP contribution < -0.4 is 5.32 Å². The second-order valence-electron chi connectivity index (χ2n) is 7.22. The van der Waals surface area contributed by atoms with E-state index in [1.807, 2.05) is 37.3 Å². The molecule has 156 valence electrons. The molecule has 7 heteroatoms. The zero-order valence-corrected chi connectivity index (χ0v) is 17.3. The lowest BCUT2D eigenvalue weighted by Crippen LogP contribution is -2.40. The van der Waals surface area contributed by atoms with E-state index in [1.165, 1.54) is 17.0 Å². The fraction of sp³-hybridized carbons (Fsp3) is 0.261. The molecular formula is C23H25FN4O2. The van der Waals surface area contributed by atoms with Crippen molar-refractivity contribution in [2.24, 2.45) is 5.92 Å². The summed E-state index contributed by atoms with van der Waals surface area (Å²) < 4.78 is 14.9. The summed E-state index contributed by atoms with van der Waals surface area (Å²) >= 11 is 0. The van der Waals surface area contributed by atoms with Crippen LogP contribution in [0.4, 0.5) is 10.2 Å². The summed E-state index contributed by atoms with van der Waals surface area (Å²) in [5, 5.41) is 7.44. The maximum Gasteiger partial charge on any atom is 0.245 e. The number of carbonyl (C=O) groups is 2. The second kappa shape index (κ2) is 9.35. The van der Waals surface area contributed by atoms with Gasteiger partial charge in [-0.25, -0.2) is 9.07 Å². The lowest BCUT2D eigenvalue weighted by Gasteiger charge is -2.22. The predicted molar refractivity (Wildman–Crippen MR) is 115 cm³/mol. The highest BCUT2D eigenvalue weighted by Crippen LogP contribution is 2.25. The van der Waals surface area contributed by atoms with Crippen molar-refractivity contribution in [2.45, 2.75) is 20.8 Å². The molecule has 6 nitrogen and oxygen atoms in total. The van der Waals surface area contributed by atoms with E-state index in [0.717, 1.165) is 5.56 Å². The van der Waals surface area contributed by atoms with Gasteiger partial charge in [-0.2, -0.15) is 5.10 Å². The Balaban J connectivity index is 1.90. The van der Waals surface area contributed by atoms with Gasteiger partial charge in [-0.15, -0.1) is 0 Å². The number of rotatable bonds is 7. The average Bonchev–Trinajstić information content (AvgIpc) is 3.16. The van der Waals surface area contributed by atoms with Crippen LogP contribution in [0.2, 0.25) is 0 Å². The normalized spacial score (nSPS) is 10.8. The van der Waals surface area contributed by atoms with Gasteiger partial charge in [0.25, 0.3) is 0 Å². The van der Waals surface area contributed by atoms with Crippen LogP contribution in [0.1, 0.15) is 20.8 Å². The summed E-state index contributed by atoms with van der Waals surface area (Å²) in [6, 6.07) is 17.2. The lowest BCUT2D eigenvalue weighted by atomic mass is 10.1. The number of amides is 2. The Bertz CT molecular complexity index is 1010. The molecule has 0 spiro atoms. The summed E-state index contributed by atoms with van der Waals surface area (Å²) in [6.45, 7) is 5.83. The molecule has 0 saturated carbocycles. The van der Waals surface area contributed by atoms with Crippen LogP contribution >= 0.6 is 0 Å². The van der Waals surface area contributed by atoms with Crippen molar-refractivity contribution in [3.05, 3.63) is 66.5 Å². The van der Waals surface area contributed by atoms with E-state index >= 15 is 0 Å². The van der Waals surface area contributed by atoms with E-state index in [9.17, 15) is 14.0 Å². The molecule has 2 amide bonds. The highest BCUT2D eigenvalue weighted by molar-refractivity contribution is 5.94. The highest BCUT2D eigenvalue weighted by Gasteiger charge is 2.20. The van der Waals surface area contributed by atoms with E-state index in [2.05, 4.69) is 10.4 Å². The van der Waals surface area contributed by atoms with Crippen molar-refractivity contribution in [1.82, 2.24) is 14.7 Å². The Hall–Kier alpha value is -3.48. The number of hydrogen-bond acceptors (Lipinski definition) is 3. The van der Waals surface area contributed by atoms with Crippen molar-refractivity contribution in [1.29, 1.82) is 0 Å². The summed E-state index contributed by atoms with van der Waals surface area (Å²) in [7, 11) is 0. The topological polar surface area (TPSA) is 67.2 Å². The minimum absolute atomic E-state index is 0.0528. The number of aromatic nitrogens is 2. The van der Waals surface area contributed by atoms with Crippen molar-refractivity contribution in [3.8, 4) is 16.9 Å². The molecule has 0 saturated heterocycles. The Morgan fingerprint density at radius 1 is 1.10 bits per heavy atom. The van der Waals surface area contributed by atoms with Crippen LogP contribution in [0.5, 0.6) is 0 Å². The van der Waals surface area contributed by atoms with Crippen LogP contribution in [-0.4, -0.2) is 39.6 Å². The molecule has 1 N–H and O–H groups in total. The minimum Gasteiger partial charge on any atom is -0.333 e. The molecule has 3 rings (SSSR count). The summed E-state index contributed by atoms with van der Waals surface area (Å²) in [6.07, 6.45) is 0. The fourth-order valence-corrected chi connectivity index (χ4v) is 3.07. The smallest absolute Gasteiger partial charge is 0.245 e. The van der Waals surface area contributed by atoms with Crippen LogP contribution in [-0.2, 0) is 9.59 Å². The molecule has 3 aromatic rings. The molecule has 1 aromatic heterocycles. The molecule has 1 heterocycles. The van der Waals surface area contributed by atoms with Gasteiger partial charge in [-0.05, 0) is 31.2 Å². The predicted octanol–water partition coefficient (Wildman–Crippen LogP) is 4.12. The van der Waals surface area contributed by atoms with Crippen molar-refractivity contribution in [3.63, 3.8) is 0 Å². The fourth-order valence-electron chi connectivity index (χ4n) is 3.07. The first kappa shape index (κ1) is 21.2. The van der Waals surface area contributed by atoms with Crippen LogP contribution in [0.3, 0.4) is 0 Å². The zero-order chi connectivity index (χ0) is 21.7. The SMILES string of the molecule is CCN(CC(=O)Nc1cc(-c2ccccc2)nn1-c1ccc(F)cc1)C(=O)C(C)C. The van der Waals surface area contributed by atoms with E-state index in [1.54, 1.807) is 36.7 Å². The number of halogens is 1. The van der Waals surface area contributed by atoms with E-state index < -0.39 is 0 Å². The standard InChI is InChI=1S/C23H25FN4O2/c1-4-27(23(30)16(2)3)15-22(29)25-21-14-20(17-8-6-5-7-9-17)26-28(21)19-12-10-18(24)11-13-19/h5-14,16H,4,15H2,1-3H3,(H,25,29). The molecule has 0 fully saturated rings. The van der Waals surface area contributed by atoms with E-state index in [-0.39, 0.29) is 30.1 Å². The molecule has 0 atom stereocenters. The average molecular weight is 408 g/mol. The van der Waals surface area contributed by atoms with Gasteiger partial charge in [0.15, 0.2) is 0 Å². The van der Waals surface area contributed by atoms with Gasteiger partial charge in [0, 0.05) is 24.1 Å². The number of anilines is 1. The van der Waals surface area contributed by atoms with Crippen LogP contribution in [0.15, 0.2) is 60.7 Å². The molecule has 0 bridgehead atoms. The number of benzene rings is 2. The molecule has 0 radical (unpaired) electrons. The number of carbonyl (C=O) groups excluding carboxylic acids is 2. The van der Waals surface area contributed by atoms with Gasteiger partial charge in [-0.3, -0.25) is 9.59 Å². The van der Waals surface area contributed by atoms with E-state index in [0.29, 0.717) is 23.7 Å². The van der Waals surface area contributed by atoms with Gasteiger partial charge in [0.1, 0.15) is 11.6 Å². The summed E-state index contributed by atoms with van der Waals surface area (Å²) in [5.74, 6) is -0.505. The first-order valence-corrected chi connectivity index (χ1v) is 9.89. The molecular weight excluding hydrogens is 383 g/mol. The highest BCUT2D eigenvalue weighted by atomic mass is 19.1. The maximum absolute atomic E-state index is 13.4. The number of nitrogens with zero attached hydrogens (tertiary/aromatic N) is 3. The first-order chi connectivity index (χ1) is 14.4. The minimum atomic E-state index is -0.356. The Morgan fingerprint density at radius 3 is 2.37 bits per heavy atom. The van der Waals surface area contributed by atoms with Gasteiger partial charge in [-0.1, -0.05) is 44.2 Å². The van der Waals surface area contributed by atoms with Crippen LogP contribution in [0.25, 0.3) is 16.9 Å². The van der Waals surface area contributed by atoms with E-state index in [4.69, 9.17) is 0 Å². The Kier molecular flexibility index (Phi) is 6.61.